The van der Waals surface area contributed by atoms with E-state index < -0.39 is 117 Å². The second-order valence-electron chi connectivity index (χ2n) is 32.1. The van der Waals surface area contributed by atoms with E-state index in [1.54, 1.807) is 169 Å². The summed E-state index contributed by atoms with van der Waals surface area (Å²) in [5.74, 6) is -13.1. The van der Waals surface area contributed by atoms with E-state index in [9.17, 15) is 75.4 Å². The van der Waals surface area contributed by atoms with Crippen LogP contribution in [0.25, 0.3) is 79.0 Å². The Hall–Kier alpha value is -14.3. The molecule has 0 aliphatic carbocycles. The second-order valence-corrected chi connectivity index (χ2v) is 32.1. The topological polar surface area (TPSA) is 314 Å². The molecule has 16 aromatic heterocycles. The Morgan fingerprint density at radius 3 is 1.02 bits per heavy atom. The molecule has 2 N–H and O–H groups in total. The van der Waals surface area contributed by atoms with E-state index >= 15 is 0 Å². The third kappa shape index (κ3) is 29.6. The van der Waals surface area contributed by atoms with E-state index in [1.807, 2.05) is 67.5 Å². The van der Waals surface area contributed by atoms with Crippen LogP contribution in [0.15, 0.2) is 255 Å². The Balaban J connectivity index is 0.000000221. The number of carboxylic acid groups (broad SMARTS) is 2. The molecule has 0 amide bonds. The molecule has 0 bridgehead atoms. The molecule has 0 aliphatic heterocycles. The van der Waals surface area contributed by atoms with Crippen LogP contribution in [0.1, 0.15) is 133 Å². The summed E-state index contributed by atoms with van der Waals surface area (Å²) in [6.45, 7) is 14.9. The van der Waals surface area contributed by atoms with E-state index in [-0.39, 0.29) is 178 Å². The molecule has 18 rings (SSSR count). The van der Waals surface area contributed by atoms with Gasteiger partial charge < -0.3 is 44.8 Å². The SMILES string of the molecule is CC(C)(c1cccc(-c2[c-]cc(F)nc2F)n1)c1cccc(-c2[c-]cc(F)nc2F)n1.CC(C)(c1cccc(-c2[c-]cc(F)nc2F)n1)c1cccc(-n2[c-]cc(C(F)(F)F)n2)n1.CC(C)(c1cccc(-c2[c-]cc(F)nc2F)n1)c1ccn(-c2[c-]ccc(C#N)c2)n1.CC(C)(c1cccc(C(=O)O)n1)c1cccc(-c2[c-]cc(F)nc2F)n1.Fc1c[c-]c(-c2ccccn2)c(F)c1.O=C(O)c1ccccn1.[Ir].[Pt+2].[Pt+2].[Pt+2].[Pt]. The van der Waals surface area contributed by atoms with Crippen molar-refractivity contribution in [2.45, 2.75) is 83.2 Å². The molecule has 16 heterocycles. The fraction of sp³-hybridized carbons (Fsp3) is 0.125. The molecule has 0 aliphatic rings. The molecule has 0 saturated heterocycles. The first-order valence-electron chi connectivity index (χ1n) is 41.8. The summed E-state index contributed by atoms with van der Waals surface area (Å²) in [6.07, 6.45) is 2.60. The van der Waals surface area contributed by atoms with Crippen LogP contribution in [0.3, 0.4) is 0 Å². The molecule has 147 heavy (non-hydrogen) atoms. The van der Waals surface area contributed by atoms with Gasteiger partial charge in [-0.3, -0.25) is 48.5 Å². The summed E-state index contributed by atoms with van der Waals surface area (Å²) in [5.41, 5.74) is 3.20. The zero-order chi connectivity index (χ0) is 102. The molecule has 1 radical (unpaired) electrons. The van der Waals surface area contributed by atoms with E-state index in [1.165, 1.54) is 30.5 Å². The maximum absolute atomic E-state index is 14.1. The van der Waals surface area contributed by atoms with Gasteiger partial charge in [-0.1, -0.05) is 179 Å². The van der Waals surface area contributed by atoms with Crippen molar-refractivity contribution >= 4 is 11.9 Å². The van der Waals surface area contributed by atoms with Crippen molar-refractivity contribution in [3.63, 3.8) is 0 Å². The van der Waals surface area contributed by atoms with Gasteiger partial charge in [-0.2, -0.15) is 41.7 Å². The van der Waals surface area contributed by atoms with E-state index in [4.69, 9.17) is 15.5 Å². The summed E-state index contributed by atoms with van der Waals surface area (Å²) in [4.78, 5) is 75.7. The predicted molar refractivity (Wildman–Crippen MR) is 483 cm³/mol. The molecule has 0 spiro atoms. The van der Waals surface area contributed by atoms with Crippen LogP contribution in [-0.4, -0.2) is 111 Å². The molecule has 759 valence electrons. The Labute approximate surface area is 900 Å². The molecule has 0 unspecified atom stereocenters. The first-order chi connectivity index (χ1) is 67.5. The number of carbonyl (C=O) groups is 2. The molecule has 2 aromatic carbocycles. The molecule has 43 heteroatoms. The van der Waals surface area contributed by atoms with Gasteiger partial charge in [0, 0.05) is 122 Å². The van der Waals surface area contributed by atoms with Crippen molar-refractivity contribution in [3.05, 3.63) is 443 Å². The number of nitrogens with zero attached hydrogens (tertiary/aromatic N) is 19. The zero-order valence-corrected chi connectivity index (χ0v) is 88.2. The number of benzene rings is 2. The summed E-state index contributed by atoms with van der Waals surface area (Å²) in [7, 11) is 0. The number of aromatic carboxylic acids is 2. The van der Waals surface area contributed by atoms with Crippen molar-refractivity contribution in [2.24, 2.45) is 0 Å². The van der Waals surface area contributed by atoms with Gasteiger partial charge in [0.05, 0.1) is 34.4 Å². The van der Waals surface area contributed by atoms with Crippen molar-refractivity contribution in [2.75, 3.05) is 0 Å². The van der Waals surface area contributed by atoms with Crippen LogP contribution >= 0.6 is 0 Å². The number of aromatic nitrogens is 18. The number of nitriles is 1. The largest absolute Gasteiger partial charge is 2.00 e. The molecular weight excluding hydrogens is 2840 g/mol. The van der Waals surface area contributed by atoms with Crippen molar-refractivity contribution in [3.8, 4) is 85.1 Å². The average Bonchev–Trinajstić information content (AvgIpc) is 1.69. The normalized spacial score (nSPS) is 10.9. The number of rotatable bonds is 18. The Morgan fingerprint density at radius 1 is 0.347 bits per heavy atom. The van der Waals surface area contributed by atoms with Gasteiger partial charge in [0.25, 0.3) is 0 Å². The number of halogens is 15. The number of carboxylic acids is 2. The van der Waals surface area contributed by atoms with Crippen LogP contribution < -0.4 is 0 Å². The Kier molecular flexibility index (Phi) is 41.5. The van der Waals surface area contributed by atoms with Gasteiger partial charge in [-0.15, -0.1) is 54.6 Å². The third-order valence-electron chi connectivity index (χ3n) is 21.0. The summed E-state index contributed by atoms with van der Waals surface area (Å²) in [6, 6.07) is 78.9. The second kappa shape index (κ2) is 51.7. The van der Waals surface area contributed by atoms with E-state index in [0.717, 1.165) is 58.9 Å². The standard InChI is InChI=1S/C23H14F4N4.C23H15F2N5.C22H14F5N5.C19H14F2N3O2.C11H6F2N.C6H5NO2.Ir.4Pt/c1-23(2,17-7-3-5-15(28-17)13-9-11-19(24)30-21(13)26)18-8-4-6-16(29-18)14-10-12-20(25)31-22(14)27;1-23(2,20-11-12-30(29-20)16-6-3-5-15(13-16)14-26)19-8-4-7-18(27-19)17-9-10-21(24)28-22(17)25;1-21(2,15-6-3-5-14(28-15)13-9-10-18(23)30-20(13)24)16-7-4-8-19(29-16)32-12-11-17(31-32)22(25,26)27;1-19(2,15-8-4-6-13(23-15)18(25)26)14-7-3-5-12(22-14)11-9-10-16(20)24-17(11)21;12-8-4-5-9(10(13)7-8)11-3-1-2-6-14-11;8-6(9)5-3-1-2-4-7-5;;;;;/h3-8,11-12H,1-2H3;3-5,7-8,10-13H,1-2H3;3-8,10-11H,1-2H3;3-8,10H,1-2H3,(H,25,26);1-4,6-7H;1-4H,(H,8,9);;;;;/q3*-2;2*-1;;;;3*+2. The van der Waals surface area contributed by atoms with Crippen molar-refractivity contribution < 1.29 is 190 Å². The minimum Gasteiger partial charge on any atom is -0.477 e. The van der Waals surface area contributed by atoms with Gasteiger partial charge in [-0.05, 0) is 168 Å². The first kappa shape index (κ1) is 118. The van der Waals surface area contributed by atoms with Gasteiger partial charge in [-0.25, -0.2) is 63.5 Å². The van der Waals surface area contributed by atoms with Gasteiger partial charge in [0.1, 0.15) is 70.9 Å². The first-order valence-corrected chi connectivity index (χ1v) is 41.8. The summed E-state index contributed by atoms with van der Waals surface area (Å²) < 4.78 is 203. The number of hydrogen-bond donors (Lipinski definition) is 2. The van der Waals surface area contributed by atoms with Crippen molar-refractivity contribution in [1.29, 1.82) is 5.26 Å². The molecule has 23 nitrogen and oxygen atoms in total. The molecule has 18 aromatic rings. The predicted octanol–water partition coefficient (Wildman–Crippen LogP) is 21.7. The molecule has 0 fully saturated rings. The van der Waals surface area contributed by atoms with Crippen LogP contribution in [0.4, 0.5) is 65.9 Å². The quantitative estimate of drug-likeness (QED) is 0.0458. The zero-order valence-electron chi connectivity index (χ0n) is 76.7. The minimum absolute atomic E-state index is 0. The fourth-order valence-corrected chi connectivity index (χ4v) is 13.3. The molecule has 0 atom stereocenters. The van der Waals surface area contributed by atoms with E-state index in [0.29, 0.717) is 62.5 Å². The number of hydrogen-bond acceptors (Lipinski definition) is 19. The molecule has 0 saturated carbocycles. The van der Waals surface area contributed by atoms with Crippen LogP contribution in [0.5, 0.6) is 0 Å². The average molecular weight is 2910 g/mol. The molecular formula is C104H68F15IrN19O4Pt4-2. The van der Waals surface area contributed by atoms with Crippen LogP contribution in [0.2, 0.25) is 0 Å². The fourth-order valence-electron chi connectivity index (χ4n) is 13.3. The van der Waals surface area contributed by atoms with Crippen molar-refractivity contribution in [1.82, 2.24) is 89.3 Å². The van der Waals surface area contributed by atoms with E-state index in [2.05, 4.69) is 135 Å². The van der Waals surface area contributed by atoms with Gasteiger partial charge in [0.2, 0.25) is 0 Å². The van der Waals surface area contributed by atoms with Crippen LogP contribution in [0, 0.1) is 131 Å². The Morgan fingerprint density at radius 2 is 0.687 bits per heavy atom. The Bertz CT molecular complexity index is 7600. The third-order valence-corrected chi connectivity index (χ3v) is 21.0. The maximum Gasteiger partial charge on any atom is 2.00 e. The maximum atomic E-state index is 14.1. The van der Waals surface area contributed by atoms with Gasteiger partial charge in [0.15, 0.2) is 0 Å². The van der Waals surface area contributed by atoms with Crippen LogP contribution in [-0.2, 0) is 132 Å². The summed E-state index contributed by atoms with van der Waals surface area (Å²) in [5, 5.41) is 34.7. The minimum atomic E-state index is -4.59. The monoisotopic (exact) mass is 2900 g/mol. The number of alkyl halides is 3. The van der Waals surface area contributed by atoms with Gasteiger partial charge >= 0.3 is 81.3 Å². The summed E-state index contributed by atoms with van der Waals surface area (Å²) >= 11 is 0. The smallest absolute Gasteiger partial charge is 0.477 e. The number of pyridine rings is 14.